The normalized spacial score (nSPS) is 24.2. The van der Waals surface area contributed by atoms with Crippen molar-refractivity contribution in [3.63, 3.8) is 0 Å². The lowest BCUT2D eigenvalue weighted by molar-refractivity contribution is 0.0957. The molecule has 2 bridgehead atoms. The minimum Gasteiger partial charge on any atom is -0.362 e. The Bertz CT molecular complexity index is 499. The number of nitrogens with one attached hydrogen (secondary N) is 2. The highest BCUT2D eigenvalue weighted by Crippen LogP contribution is 2.30. The van der Waals surface area contributed by atoms with Crippen molar-refractivity contribution in [3.8, 4) is 0 Å². The topological polar surface area (TPSA) is 57.3 Å². The molecule has 2 saturated heterocycles. The van der Waals surface area contributed by atoms with Gasteiger partial charge < -0.3 is 15.5 Å². The number of carbonyl (C=O) groups excluding carboxylic acids is 1. The predicted molar refractivity (Wildman–Crippen MR) is 72.4 cm³/mol. The Morgan fingerprint density at radius 2 is 2.37 bits per heavy atom. The number of rotatable bonds is 2. The van der Waals surface area contributed by atoms with Crippen LogP contribution in [0.15, 0.2) is 12.1 Å². The number of nitrogens with zero attached hydrogens (tertiary/aromatic N) is 2. The van der Waals surface area contributed by atoms with Crippen LogP contribution in [0.4, 0.5) is 10.1 Å². The molecule has 3 heterocycles. The van der Waals surface area contributed by atoms with Crippen molar-refractivity contribution < 1.29 is 9.18 Å². The van der Waals surface area contributed by atoms with Gasteiger partial charge in [-0.1, -0.05) is 0 Å². The van der Waals surface area contributed by atoms with Gasteiger partial charge in [0.25, 0.3) is 5.91 Å². The SMILES string of the molecule is CNC(=O)c1ccc(N2C[C@@H]3C[C@H]2CN3)c(F)n1.Cl. The Morgan fingerprint density at radius 1 is 1.58 bits per heavy atom. The minimum atomic E-state index is -0.566. The average Bonchev–Trinajstić information content (AvgIpc) is 3.00. The van der Waals surface area contributed by atoms with E-state index >= 15 is 0 Å². The summed E-state index contributed by atoms with van der Waals surface area (Å²) in [6.07, 6.45) is 1.05. The van der Waals surface area contributed by atoms with Gasteiger partial charge in [0, 0.05) is 32.2 Å². The number of anilines is 1. The summed E-state index contributed by atoms with van der Waals surface area (Å²) in [5, 5.41) is 5.80. The minimum absolute atomic E-state index is 0. The number of fused-ring (bicyclic) bond motifs is 2. The summed E-state index contributed by atoms with van der Waals surface area (Å²) in [5.41, 5.74) is 0.609. The monoisotopic (exact) mass is 286 g/mol. The van der Waals surface area contributed by atoms with E-state index in [-0.39, 0.29) is 24.0 Å². The summed E-state index contributed by atoms with van der Waals surface area (Å²) >= 11 is 0. The Kier molecular flexibility index (Phi) is 3.91. The predicted octanol–water partition coefficient (Wildman–Crippen LogP) is 0.553. The first-order valence-corrected chi connectivity index (χ1v) is 6.07. The summed E-state index contributed by atoms with van der Waals surface area (Å²) in [6, 6.07) is 4.01. The second-order valence-electron chi connectivity index (χ2n) is 4.73. The van der Waals surface area contributed by atoms with Crippen molar-refractivity contribution >= 4 is 24.0 Å². The number of halogens is 2. The molecule has 1 aromatic heterocycles. The zero-order valence-electron chi connectivity index (χ0n) is 10.5. The highest BCUT2D eigenvalue weighted by atomic mass is 35.5. The van der Waals surface area contributed by atoms with Crippen LogP contribution in [0.1, 0.15) is 16.9 Å². The number of hydrogen-bond acceptors (Lipinski definition) is 4. The van der Waals surface area contributed by atoms with E-state index in [9.17, 15) is 9.18 Å². The third-order valence-corrected chi connectivity index (χ3v) is 3.65. The first-order valence-electron chi connectivity index (χ1n) is 6.07. The Labute approximate surface area is 117 Å². The van der Waals surface area contributed by atoms with Gasteiger partial charge in [-0.05, 0) is 18.6 Å². The molecule has 2 atom stereocenters. The van der Waals surface area contributed by atoms with Crippen LogP contribution in [0.2, 0.25) is 0 Å². The van der Waals surface area contributed by atoms with E-state index in [4.69, 9.17) is 0 Å². The summed E-state index contributed by atoms with van der Waals surface area (Å²) in [7, 11) is 1.50. The molecule has 3 rings (SSSR count). The number of aromatic nitrogens is 1. The van der Waals surface area contributed by atoms with Gasteiger partial charge in [-0.3, -0.25) is 4.79 Å². The Balaban J connectivity index is 0.00000133. The van der Waals surface area contributed by atoms with Crippen LogP contribution < -0.4 is 15.5 Å². The molecule has 2 aliphatic rings. The van der Waals surface area contributed by atoms with Crippen LogP contribution in [0, 0.1) is 5.95 Å². The van der Waals surface area contributed by atoms with Crippen molar-refractivity contribution in [1.29, 1.82) is 0 Å². The maximum absolute atomic E-state index is 14.0. The number of pyridine rings is 1. The zero-order valence-corrected chi connectivity index (χ0v) is 11.3. The van der Waals surface area contributed by atoms with Crippen LogP contribution in [0.25, 0.3) is 0 Å². The second-order valence-corrected chi connectivity index (χ2v) is 4.73. The van der Waals surface area contributed by atoms with E-state index in [0.717, 1.165) is 19.5 Å². The van der Waals surface area contributed by atoms with E-state index in [1.165, 1.54) is 7.05 Å². The number of carbonyl (C=O) groups is 1. The zero-order chi connectivity index (χ0) is 12.7. The smallest absolute Gasteiger partial charge is 0.269 e. The third-order valence-electron chi connectivity index (χ3n) is 3.65. The number of hydrogen-bond donors (Lipinski definition) is 2. The quantitative estimate of drug-likeness (QED) is 0.780. The molecule has 0 spiro atoms. The van der Waals surface area contributed by atoms with E-state index in [1.807, 2.05) is 4.90 Å². The second kappa shape index (κ2) is 5.30. The van der Waals surface area contributed by atoms with Crippen LogP contribution >= 0.6 is 12.4 Å². The molecule has 104 valence electrons. The van der Waals surface area contributed by atoms with Crippen LogP contribution in [0.3, 0.4) is 0 Å². The van der Waals surface area contributed by atoms with E-state index in [1.54, 1.807) is 12.1 Å². The molecule has 2 N–H and O–H groups in total. The summed E-state index contributed by atoms with van der Waals surface area (Å²) < 4.78 is 14.0. The highest BCUT2D eigenvalue weighted by Gasteiger charge is 2.38. The fraction of sp³-hybridized carbons (Fsp3) is 0.500. The largest absolute Gasteiger partial charge is 0.362 e. The van der Waals surface area contributed by atoms with Gasteiger partial charge in [-0.25, -0.2) is 4.98 Å². The van der Waals surface area contributed by atoms with Crippen LogP contribution in [0.5, 0.6) is 0 Å². The Hall–Kier alpha value is -1.40. The molecule has 5 nitrogen and oxygen atoms in total. The van der Waals surface area contributed by atoms with Crippen molar-refractivity contribution in [2.75, 3.05) is 25.0 Å². The van der Waals surface area contributed by atoms with Gasteiger partial charge in [-0.15, -0.1) is 12.4 Å². The summed E-state index contributed by atoms with van der Waals surface area (Å²) in [4.78, 5) is 17.1. The van der Waals surface area contributed by atoms with Crippen molar-refractivity contribution in [3.05, 3.63) is 23.8 Å². The molecule has 0 unspecified atom stereocenters. The van der Waals surface area contributed by atoms with Gasteiger partial charge >= 0.3 is 0 Å². The lowest BCUT2D eigenvalue weighted by atomic mass is 10.2. The van der Waals surface area contributed by atoms with Crippen LogP contribution in [-0.2, 0) is 0 Å². The molecule has 1 amide bonds. The van der Waals surface area contributed by atoms with Gasteiger partial charge in [0.05, 0.1) is 5.69 Å². The van der Waals surface area contributed by atoms with Gasteiger partial charge in [0.15, 0.2) is 0 Å². The van der Waals surface area contributed by atoms with Gasteiger partial charge in [0.2, 0.25) is 5.95 Å². The molecule has 0 radical (unpaired) electrons. The molecule has 2 aliphatic heterocycles. The molecule has 0 aromatic carbocycles. The van der Waals surface area contributed by atoms with E-state index < -0.39 is 5.95 Å². The van der Waals surface area contributed by atoms with Crippen molar-refractivity contribution in [2.45, 2.75) is 18.5 Å². The van der Waals surface area contributed by atoms with Crippen molar-refractivity contribution in [1.82, 2.24) is 15.6 Å². The lowest BCUT2D eigenvalue weighted by Crippen LogP contribution is -2.44. The Morgan fingerprint density at radius 3 is 2.89 bits per heavy atom. The maximum atomic E-state index is 14.0. The lowest BCUT2D eigenvalue weighted by Gasteiger charge is -2.29. The number of piperazine rings is 1. The first kappa shape index (κ1) is 14.0. The molecule has 2 fully saturated rings. The molecular formula is C12H16ClFN4O. The molecule has 7 heteroatoms. The van der Waals surface area contributed by atoms with Gasteiger partial charge in [0.1, 0.15) is 5.69 Å². The molecular weight excluding hydrogens is 271 g/mol. The summed E-state index contributed by atoms with van der Waals surface area (Å²) in [6.45, 7) is 1.70. The summed E-state index contributed by atoms with van der Waals surface area (Å²) in [5.74, 6) is -0.936. The highest BCUT2D eigenvalue weighted by molar-refractivity contribution is 5.92. The van der Waals surface area contributed by atoms with Gasteiger partial charge in [-0.2, -0.15) is 4.39 Å². The maximum Gasteiger partial charge on any atom is 0.269 e. The first-order chi connectivity index (χ1) is 8.69. The molecule has 1 aromatic rings. The molecule has 0 saturated carbocycles. The fourth-order valence-electron chi connectivity index (χ4n) is 2.75. The van der Waals surface area contributed by atoms with Crippen LogP contribution in [-0.4, -0.2) is 43.1 Å². The van der Waals surface area contributed by atoms with Crippen molar-refractivity contribution in [2.24, 2.45) is 0 Å². The average molecular weight is 287 g/mol. The standard InChI is InChI=1S/C12H15FN4O.ClH/c1-14-12(18)9-2-3-10(11(13)16-9)17-6-7-4-8(17)5-15-7;/h2-3,7-8,15H,4-6H2,1H3,(H,14,18);1H/t7-,8-;/m0./s1. The fourth-order valence-corrected chi connectivity index (χ4v) is 2.75. The molecule has 0 aliphatic carbocycles. The molecule has 19 heavy (non-hydrogen) atoms. The third kappa shape index (κ3) is 2.37. The van der Waals surface area contributed by atoms with E-state index in [0.29, 0.717) is 17.8 Å². The number of amides is 1. The van der Waals surface area contributed by atoms with E-state index in [2.05, 4.69) is 15.6 Å².